The molecule has 0 saturated carbocycles. The maximum atomic E-state index is 2.41. The topological polar surface area (TPSA) is 3.24 Å². The first kappa shape index (κ1) is 32.5. The summed E-state index contributed by atoms with van der Waals surface area (Å²) in [5, 5.41) is 10.3. The molecule has 1 nitrogen and oxygen atoms in total. The maximum Gasteiger partial charge on any atom is 0.0468 e. The van der Waals surface area contributed by atoms with Crippen LogP contribution in [0.1, 0.15) is 25.0 Å². The molecule has 0 aliphatic heterocycles. The van der Waals surface area contributed by atoms with Gasteiger partial charge in [-0.3, -0.25) is 0 Å². The molecule has 0 radical (unpaired) electrons. The van der Waals surface area contributed by atoms with Crippen LogP contribution in [-0.2, 0) is 5.41 Å². The third kappa shape index (κ3) is 4.94. The van der Waals surface area contributed by atoms with Crippen LogP contribution < -0.4 is 4.90 Å². The molecule has 0 spiro atoms. The Labute approximate surface area is 327 Å². The maximum absolute atomic E-state index is 2.41. The summed E-state index contributed by atoms with van der Waals surface area (Å²) in [6, 6.07) is 73.9. The molecular weight excluding hydrogens is 675 g/mol. The van der Waals surface area contributed by atoms with Gasteiger partial charge in [-0.05, 0) is 124 Å². The summed E-state index contributed by atoms with van der Waals surface area (Å²) in [6.45, 7) is 4.73. The summed E-state index contributed by atoms with van der Waals surface area (Å²) in [4.78, 5) is 2.41. The van der Waals surface area contributed by atoms with Crippen molar-refractivity contribution in [2.45, 2.75) is 19.3 Å². The Morgan fingerprint density at radius 3 is 1.54 bits per heavy atom. The van der Waals surface area contributed by atoms with Gasteiger partial charge in [-0.2, -0.15) is 0 Å². The number of hydrogen-bond acceptors (Lipinski definition) is 1. The molecule has 0 N–H and O–H groups in total. The number of benzene rings is 10. The predicted octanol–water partition coefficient (Wildman–Crippen LogP) is 15.4. The first-order valence-electron chi connectivity index (χ1n) is 19.6. The molecule has 0 aromatic heterocycles. The number of nitrogens with zero attached hydrogens (tertiary/aromatic N) is 1. The van der Waals surface area contributed by atoms with Crippen molar-refractivity contribution in [2.75, 3.05) is 4.90 Å². The Balaban J connectivity index is 1.09. The van der Waals surface area contributed by atoms with Crippen LogP contribution in [0.2, 0.25) is 0 Å². The molecule has 0 heterocycles. The van der Waals surface area contributed by atoms with Crippen LogP contribution in [0.4, 0.5) is 17.1 Å². The molecule has 1 heteroatoms. The lowest BCUT2D eigenvalue weighted by Crippen LogP contribution is -2.23. The van der Waals surface area contributed by atoms with Gasteiger partial charge in [0, 0.05) is 22.5 Å². The quantitative estimate of drug-likeness (QED) is 0.161. The van der Waals surface area contributed by atoms with Crippen LogP contribution in [0, 0.1) is 0 Å². The van der Waals surface area contributed by atoms with E-state index in [1.807, 2.05) is 0 Å². The lowest BCUT2D eigenvalue weighted by molar-refractivity contribution is 0.645. The fourth-order valence-corrected chi connectivity index (χ4v) is 9.52. The van der Waals surface area contributed by atoms with Crippen LogP contribution in [0.15, 0.2) is 200 Å². The van der Waals surface area contributed by atoms with E-state index in [9.17, 15) is 0 Å². The second kappa shape index (κ2) is 12.5. The van der Waals surface area contributed by atoms with Gasteiger partial charge in [0.1, 0.15) is 0 Å². The summed E-state index contributed by atoms with van der Waals surface area (Å²) < 4.78 is 0. The van der Waals surface area contributed by atoms with Crippen LogP contribution >= 0.6 is 0 Å². The zero-order chi connectivity index (χ0) is 37.4. The third-order valence-corrected chi connectivity index (χ3v) is 12.2. The van der Waals surface area contributed by atoms with E-state index in [4.69, 9.17) is 0 Å². The molecule has 56 heavy (non-hydrogen) atoms. The van der Waals surface area contributed by atoms with Crippen molar-refractivity contribution in [1.29, 1.82) is 0 Å². The van der Waals surface area contributed by atoms with Gasteiger partial charge >= 0.3 is 0 Å². The molecule has 0 unspecified atom stereocenters. The molecule has 0 bridgehead atoms. The van der Waals surface area contributed by atoms with Crippen molar-refractivity contribution in [1.82, 2.24) is 0 Å². The highest BCUT2D eigenvalue weighted by atomic mass is 15.1. The predicted molar refractivity (Wildman–Crippen MR) is 240 cm³/mol. The number of fused-ring (bicyclic) bond motifs is 8. The molecule has 0 amide bonds. The number of rotatable bonds is 5. The Bertz CT molecular complexity index is 3100. The van der Waals surface area contributed by atoms with Crippen molar-refractivity contribution in [3.05, 3.63) is 211 Å². The largest absolute Gasteiger partial charge is 0.310 e. The Hall–Kier alpha value is -6.96. The zero-order valence-electron chi connectivity index (χ0n) is 31.5. The van der Waals surface area contributed by atoms with E-state index in [0.29, 0.717) is 0 Å². The van der Waals surface area contributed by atoms with E-state index in [1.165, 1.54) is 87.6 Å². The Morgan fingerprint density at radius 2 is 0.857 bits per heavy atom. The Kier molecular flexibility index (Phi) is 7.28. The molecule has 0 fully saturated rings. The monoisotopic (exact) mass is 713 g/mol. The second-order valence-corrected chi connectivity index (χ2v) is 15.7. The third-order valence-electron chi connectivity index (χ3n) is 12.2. The molecule has 10 aromatic carbocycles. The van der Waals surface area contributed by atoms with E-state index < -0.39 is 0 Å². The summed E-state index contributed by atoms with van der Waals surface area (Å²) in [7, 11) is 0. The minimum absolute atomic E-state index is 0.0837. The van der Waals surface area contributed by atoms with Crippen molar-refractivity contribution in [2.24, 2.45) is 0 Å². The van der Waals surface area contributed by atoms with Crippen molar-refractivity contribution in [3.8, 4) is 33.4 Å². The summed E-state index contributed by atoms with van der Waals surface area (Å²) in [5.41, 5.74) is 13.6. The minimum atomic E-state index is -0.0837. The standard InChI is InChI=1S/C55H39N/c1-55(2)51-21-11-10-20-49(51)54-43(33-27-39-15-12-22-52(55)53(39)54)38-25-30-41(31-26-38)56(40-28-23-37(24-29-40)36-13-4-3-5-14-36)42-32-34-48-46-18-7-6-16-44(46)45-17-8-9-19-47(45)50(48)35-42/h3-35H,1-2H3. The first-order chi connectivity index (χ1) is 27.5. The SMILES string of the molecule is CC1(C)c2ccccc2-c2c(-c3ccc(N(c4ccc(-c5ccccc5)cc4)c4ccc5c6ccccc6c6ccccc6c5c4)cc3)ccc3cccc1c23. The van der Waals surface area contributed by atoms with E-state index in [1.54, 1.807) is 0 Å². The van der Waals surface area contributed by atoms with Gasteiger partial charge in [0.05, 0.1) is 0 Å². The smallest absolute Gasteiger partial charge is 0.0468 e. The molecule has 0 saturated heterocycles. The lowest BCUT2D eigenvalue weighted by atomic mass is 9.67. The van der Waals surface area contributed by atoms with E-state index in [-0.39, 0.29) is 5.41 Å². The van der Waals surface area contributed by atoms with Gasteiger partial charge < -0.3 is 4.90 Å². The molecule has 10 aromatic rings. The van der Waals surface area contributed by atoms with Gasteiger partial charge in [-0.25, -0.2) is 0 Å². The van der Waals surface area contributed by atoms with Crippen LogP contribution in [0.3, 0.4) is 0 Å². The van der Waals surface area contributed by atoms with Crippen LogP contribution in [0.25, 0.3) is 76.5 Å². The fourth-order valence-electron chi connectivity index (χ4n) is 9.52. The molecule has 0 atom stereocenters. The van der Waals surface area contributed by atoms with Gasteiger partial charge in [-0.1, -0.05) is 178 Å². The summed E-state index contributed by atoms with van der Waals surface area (Å²) >= 11 is 0. The number of hydrogen-bond donors (Lipinski definition) is 0. The van der Waals surface area contributed by atoms with Gasteiger partial charge in [0.25, 0.3) is 0 Å². The highest BCUT2D eigenvalue weighted by molar-refractivity contribution is 6.25. The van der Waals surface area contributed by atoms with E-state index >= 15 is 0 Å². The van der Waals surface area contributed by atoms with Crippen molar-refractivity contribution >= 4 is 60.2 Å². The molecule has 11 rings (SSSR count). The zero-order valence-corrected chi connectivity index (χ0v) is 31.5. The molecule has 1 aliphatic rings. The van der Waals surface area contributed by atoms with Gasteiger partial charge in [-0.15, -0.1) is 0 Å². The first-order valence-corrected chi connectivity index (χ1v) is 19.6. The average molecular weight is 714 g/mol. The fraction of sp³-hybridized carbons (Fsp3) is 0.0545. The highest BCUT2D eigenvalue weighted by Crippen LogP contribution is 2.52. The molecular formula is C55H39N. The molecule has 1 aliphatic carbocycles. The van der Waals surface area contributed by atoms with E-state index in [0.717, 1.165) is 17.1 Å². The second-order valence-electron chi connectivity index (χ2n) is 15.7. The Morgan fingerprint density at radius 1 is 0.339 bits per heavy atom. The van der Waals surface area contributed by atoms with Gasteiger partial charge in [0.15, 0.2) is 0 Å². The van der Waals surface area contributed by atoms with Crippen molar-refractivity contribution in [3.63, 3.8) is 0 Å². The van der Waals surface area contributed by atoms with Crippen LogP contribution in [0.5, 0.6) is 0 Å². The van der Waals surface area contributed by atoms with Crippen LogP contribution in [-0.4, -0.2) is 0 Å². The summed E-state index contributed by atoms with van der Waals surface area (Å²) in [5.74, 6) is 0. The van der Waals surface area contributed by atoms with Gasteiger partial charge in [0.2, 0.25) is 0 Å². The highest BCUT2D eigenvalue weighted by Gasteiger charge is 2.34. The van der Waals surface area contributed by atoms with E-state index in [2.05, 4.69) is 219 Å². The normalized spacial score (nSPS) is 13.0. The minimum Gasteiger partial charge on any atom is -0.310 e. The molecule has 264 valence electrons. The lowest BCUT2D eigenvalue weighted by Gasteiger charge is -2.36. The summed E-state index contributed by atoms with van der Waals surface area (Å²) in [6.07, 6.45) is 0. The number of anilines is 3. The van der Waals surface area contributed by atoms with Crippen molar-refractivity contribution < 1.29 is 0 Å². The average Bonchev–Trinajstić information content (AvgIpc) is 3.26.